The maximum atomic E-state index is 12.1. The predicted octanol–water partition coefficient (Wildman–Crippen LogP) is 2.66. The van der Waals surface area contributed by atoms with Gasteiger partial charge < -0.3 is 10.6 Å². The summed E-state index contributed by atoms with van der Waals surface area (Å²) in [6.07, 6.45) is 0. The number of thiophene rings is 1. The van der Waals surface area contributed by atoms with Gasteiger partial charge in [-0.3, -0.25) is 4.79 Å². The van der Waals surface area contributed by atoms with Gasteiger partial charge in [0.25, 0.3) is 0 Å². The van der Waals surface area contributed by atoms with Gasteiger partial charge in [-0.25, -0.2) is 4.79 Å². The van der Waals surface area contributed by atoms with Crippen LogP contribution < -0.4 is 10.6 Å². The maximum Gasteiger partial charge on any atom is 0.319 e. The molecule has 1 aromatic heterocycles. The van der Waals surface area contributed by atoms with E-state index in [1.54, 1.807) is 18.3 Å². The zero-order valence-corrected chi connectivity index (χ0v) is 11.8. The van der Waals surface area contributed by atoms with E-state index in [4.69, 9.17) is 0 Å². The Morgan fingerprint density at radius 2 is 2.33 bits per heavy atom. The lowest BCUT2D eigenvalue weighted by molar-refractivity contribution is -0.108. The minimum Gasteiger partial charge on any atom is -0.327 e. The van der Waals surface area contributed by atoms with Crippen molar-refractivity contribution in [2.75, 3.05) is 5.75 Å². The highest BCUT2D eigenvalue weighted by molar-refractivity contribution is 8.14. The fourth-order valence-corrected chi connectivity index (χ4v) is 3.24. The van der Waals surface area contributed by atoms with E-state index in [0.717, 1.165) is 11.3 Å². The number of allylic oxidation sites excluding steroid dienone is 1. The Kier molecular flexibility index (Phi) is 4.08. The number of hydrogen-bond donors (Lipinski definition) is 2. The minimum atomic E-state index is -0.337. The van der Waals surface area contributed by atoms with E-state index < -0.39 is 0 Å². The quantitative estimate of drug-likeness (QED) is 0.896. The molecule has 0 saturated carbocycles. The van der Waals surface area contributed by atoms with Gasteiger partial charge in [-0.2, -0.15) is 11.3 Å². The largest absolute Gasteiger partial charge is 0.327 e. The molecular formula is C12H14N2O2S2. The molecule has 0 aromatic carbocycles. The molecule has 0 bridgehead atoms. The molecule has 2 rings (SSSR count). The summed E-state index contributed by atoms with van der Waals surface area (Å²) in [7, 11) is 0. The highest BCUT2D eigenvalue weighted by Gasteiger charge is 2.30. The number of carbonyl (C=O) groups is 2. The zero-order valence-electron chi connectivity index (χ0n) is 10.1. The number of urea groups is 1. The number of amides is 2. The normalized spacial score (nSPS) is 19.4. The molecule has 6 heteroatoms. The molecule has 1 atom stereocenters. The molecule has 0 aliphatic carbocycles. The molecule has 1 unspecified atom stereocenters. The fraction of sp³-hybridized carbons (Fsp3) is 0.333. The molecule has 0 saturated heterocycles. The summed E-state index contributed by atoms with van der Waals surface area (Å²) in [4.78, 5) is 23.7. The van der Waals surface area contributed by atoms with E-state index in [2.05, 4.69) is 10.6 Å². The predicted molar refractivity (Wildman–Crippen MR) is 74.6 cm³/mol. The molecule has 18 heavy (non-hydrogen) atoms. The van der Waals surface area contributed by atoms with Gasteiger partial charge in [-0.15, -0.1) is 0 Å². The molecular weight excluding hydrogens is 268 g/mol. The monoisotopic (exact) mass is 282 g/mol. The second kappa shape index (κ2) is 5.58. The fourth-order valence-electron chi connectivity index (χ4n) is 1.86. The van der Waals surface area contributed by atoms with E-state index in [9.17, 15) is 9.59 Å². The van der Waals surface area contributed by atoms with Crippen LogP contribution in [0.15, 0.2) is 28.1 Å². The molecule has 2 heterocycles. The summed E-state index contributed by atoms with van der Waals surface area (Å²) in [5.74, 6) is 0.722. The molecule has 1 aliphatic heterocycles. The summed E-state index contributed by atoms with van der Waals surface area (Å²) in [5.41, 5.74) is 2.23. The summed E-state index contributed by atoms with van der Waals surface area (Å²) in [5, 5.41) is 9.37. The van der Waals surface area contributed by atoms with Crippen molar-refractivity contribution in [1.82, 2.24) is 10.6 Å². The van der Waals surface area contributed by atoms with Gasteiger partial charge in [-0.05, 0) is 35.1 Å². The SMILES string of the molecule is CCSC(=O)C1=C(C)NC(=O)NC1c1ccsc1. The first-order valence-corrected chi connectivity index (χ1v) is 7.53. The van der Waals surface area contributed by atoms with Crippen LogP contribution in [0.4, 0.5) is 4.79 Å². The second-order valence-electron chi connectivity index (χ2n) is 3.85. The Hall–Kier alpha value is -1.27. The lowest BCUT2D eigenvalue weighted by Gasteiger charge is -2.27. The Balaban J connectivity index is 2.38. The molecule has 2 N–H and O–H groups in total. The van der Waals surface area contributed by atoms with Crippen LogP contribution in [-0.2, 0) is 4.79 Å². The number of rotatable bonds is 3. The second-order valence-corrected chi connectivity index (χ2v) is 5.86. The third-order valence-electron chi connectivity index (χ3n) is 2.64. The van der Waals surface area contributed by atoms with Crippen molar-refractivity contribution in [1.29, 1.82) is 0 Å². The highest BCUT2D eigenvalue weighted by atomic mass is 32.2. The molecule has 1 aromatic rings. The summed E-state index contributed by atoms with van der Waals surface area (Å²) in [6, 6.07) is 1.33. The van der Waals surface area contributed by atoms with Crippen LogP contribution in [0, 0.1) is 0 Å². The number of nitrogens with one attached hydrogen (secondary N) is 2. The molecule has 0 spiro atoms. The Morgan fingerprint density at radius 1 is 1.56 bits per heavy atom. The van der Waals surface area contributed by atoms with Gasteiger partial charge in [0.15, 0.2) is 0 Å². The summed E-state index contributed by atoms with van der Waals surface area (Å²) >= 11 is 2.81. The van der Waals surface area contributed by atoms with Crippen LogP contribution in [-0.4, -0.2) is 16.9 Å². The Labute approximate surface area is 114 Å². The van der Waals surface area contributed by atoms with E-state index in [-0.39, 0.29) is 17.2 Å². The number of hydrogen-bond acceptors (Lipinski definition) is 4. The first kappa shape index (κ1) is 13.2. The van der Waals surface area contributed by atoms with E-state index in [0.29, 0.717) is 11.3 Å². The third-order valence-corrected chi connectivity index (χ3v) is 4.11. The Bertz CT molecular complexity index is 494. The van der Waals surface area contributed by atoms with Gasteiger partial charge in [0.1, 0.15) is 0 Å². The topological polar surface area (TPSA) is 58.2 Å². The molecule has 0 radical (unpaired) electrons. The maximum absolute atomic E-state index is 12.1. The summed E-state index contributed by atoms with van der Waals surface area (Å²) < 4.78 is 0. The molecule has 1 aliphatic rings. The van der Waals surface area contributed by atoms with Crippen molar-refractivity contribution in [2.45, 2.75) is 19.9 Å². The van der Waals surface area contributed by atoms with Gasteiger partial charge >= 0.3 is 6.03 Å². The molecule has 4 nitrogen and oxygen atoms in total. The minimum absolute atomic E-state index is 0.0127. The smallest absolute Gasteiger partial charge is 0.319 e. The molecule has 0 fully saturated rings. The van der Waals surface area contributed by atoms with Crippen LogP contribution in [0.5, 0.6) is 0 Å². The first-order chi connectivity index (χ1) is 8.63. The van der Waals surface area contributed by atoms with Crippen LogP contribution in [0.3, 0.4) is 0 Å². The average Bonchev–Trinajstić information content (AvgIpc) is 2.81. The van der Waals surface area contributed by atoms with Crippen LogP contribution in [0.25, 0.3) is 0 Å². The van der Waals surface area contributed by atoms with E-state index >= 15 is 0 Å². The van der Waals surface area contributed by atoms with Gasteiger partial charge in [0.2, 0.25) is 5.12 Å². The third kappa shape index (κ3) is 2.59. The standard InChI is InChI=1S/C12H14N2O2S2/c1-3-18-11(15)9-7(2)13-12(16)14-10(9)8-4-5-17-6-8/h4-6,10H,3H2,1-2H3,(H2,13,14,16). The van der Waals surface area contributed by atoms with Crippen molar-refractivity contribution >= 4 is 34.2 Å². The van der Waals surface area contributed by atoms with Crippen molar-refractivity contribution in [3.63, 3.8) is 0 Å². The lowest BCUT2D eigenvalue weighted by atomic mass is 9.99. The number of thioether (sulfide) groups is 1. The number of carbonyl (C=O) groups excluding carboxylic acids is 2. The van der Waals surface area contributed by atoms with Crippen molar-refractivity contribution in [2.24, 2.45) is 0 Å². The van der Waals surface area contributed by atoms with Gasteiger partial charge in [0.05, 0.1) is 11.6 Å². The van der Waals surface area contributed by atoms with Gasteiger partial charge in [0, 0.05) is 5.70 Å². The van der Waals surface area contributed by atoms with E-state index in [1.807, 2.05) is 23.8 Å². The lowest BCUT2D eigenvalue weighted by Crippen LogP contribution is -2.44. The first-order valence-electron chi connectivity index (χ1n) is 5.61. The zero-order chi connectivity index (χ0) is 13.1. The van der Waals surface area contributed by atoms with Crippen molar-refractivity contribution in [3.05, 3.63) is 33.7 Å². The van der Waals surface area contributed by atoms with Gasteiger partial charge in [-0.1, -0.05) is 18.7 Å². The molecule has 96 valence electrons. The van der Waals surface area contributed by atoms with Crippen LogP contribution in [0.2, 0.25) is 0 Å². The van der Waals surface area contributed by atoms with Crippen molar-refractivity contribution < 1.29 is 9.59 Å². The van der Waals surface area contributed by atoms with Crippen LogP contribution in [0.1, 0.15) is 25.5 Å². The average molecular weight is 282 g/mol. The highest BCUT2D eigenvalue weighted by Crippen LogP contribution is 2.31. The summed E-state index contributed by atoms with van der Waals surface area (Å²) in [6.45, 7) is 3.70. The van der Waals surface area contributed by atoms with Crippen LogP contribution >= 0.6 is 23.1 Å². The Morgan fingerprint density at radius 3 is 2.94 bits per heavy atom. The molecule has 2 amide bonds. The van der Waals surface area contributed by atoms with Crippen molar-refractivity contribution in [3.8, 4) is 0 Å². The van der Waals surface area contributed by atoms with E-state index in [1.165, 1.54) is 11.8 Å².